The minimum atomic E-state index is -0.0693. The topological polar surface area (TPSA) is 44.8 Å². The molecule has 1 saturated heterocycles. The molecule has 29 heavy (non-hydrogen) atoms. The van der Waals surface area contributed by atoms with Gasteiger partial charge in [0.2, 0.25) is 0 Å². The molecule has 156 valence electrons. The Morgan fingerprint density at radius 1 is 1.07 bits per heavy atom. The van der Waals surface area contributed by atoms with Crippen molar-refractivity contribution < 1.29 is 9.53 Å². The van der Waals surface area contributed by atoms with E-state index in [1.54, 1.807) is 0 Å². The lowest BCUT2D eigenvalue weighted by Crippen LogP contribution is -2.48. The van der Waals surface area contributed by atoms with E-state index >= 15 is 0 Å². The van der Waals surface area contributed by atoms with E-state index in [1.165, 1.54) is 5.56 Å². The van der Waals surface area contributed by atoms with Gasteiger partial charge in [0.05, 0.1) is 12.6 Å². The Kier molecular flexibility index (Phi) is 7.92. The summed E-state index contributed by atoms with van der Waals surface area (Å²) in [5.41, 5.74) is 1.81. The first-order chi connectivity index (χ1) is 14.1. The quantitative estimate of drug-likeness (QED) is 0.711. The van der Waals surface area contributed by atoms with Crippen LogP contribution in [-0.2, 0) is 0 Å². The van der Waals surface area contributed by atoms with Crippen molar-refractivity contribution in [2.45, 2.75) is 19.4 Å². The largest absolute Gasteiger partial charge is 0.494 e. The van der Waals surface area contributed by atoms with Crippen molar-refractivity contribution in [2.75, 3.05) is 46.4 Å². The molecule has 3 rings (SSSR count). The highest BCUT2D eigenvalue weighted by molar-refractivity contribution is 6.30. The van der Waals surface area contributed by atoms with E-state index in [9.17, 15) is 4.79 Å². The molecule has 2 aromatic carbocycles. The lowest BCUT2D eigenvalue weighted by Gasteiger charge is -2.38. The molecule has 6 heteroatoms. The number of benzene rings is 2. The van der Waals surface area contributed by atoms with E-state index in [0.29, 0.717) is 18.7 Å². The smallest absolute Gasteiger partial charge is 0.251 e. The van der Waals surface area contributed by atoms with Crippen molar-refractivity contribution in [3.8, 4) is 5.75 Å². The van der Waals surface area contributed by atoms with Crippen LogP contribution in [0.1, 0.15) is 35.3 Å². The molecule has 1 atom stereocenters. The van der Waals surface area contributed by atoms with E-state index in [0.717, 1.165) is 43.4 Å². The van der Waals surface area contributed by atoms with Gasteiger partial charge < -0.3 is 15.0 Å². The molecular weight excluding hydrogens is 386 g/mol. The summed E-state index contributed by atoms with van der Waals surface area (Å²) in [6, 6.07) is 15.4. The van der Waals surface area contributed by atoms with Crippen molar-refractivity contribution in [3.63, 3.8) is 0 Å². The summed E-state index contributed by atoms with van der Waals surface area (Å²) in [5, 5.41) is 3.84. The molecule has 1 aliphatic heterocycles. The Morgan fingerprint density at radius 2 is 1.72 bits per heavy atom. The standard InChI is InChI=1S/C23H30ClN3O2/c1-3-16-29-21-10-6-19(7-11-21)23(28)25-17-22(18-4-8-20(24)9-5-18)27-14-12-26(2)13-15-27/h4-11,22H,3,12-17H2,1-2H3,(H,25,28). The average Bonchev–Trinajstić information content (AvgIpc) is 2.75. The summed E-state index contributed by atoms with van der Waals surface area (Å²) in [6.07, 6.45) is 0.959. The Hall–Kier alpha value is -2.08. The Bertz CT molecular complexity index is 772. The minimum absolute atomic E-state index is 0.0693. The normalized spacial score (nSPS) is 16.4. The predicted octanol–water partition coefficient (Wildman–Crippen LogP) is 3.85. The molecule has 0 aromatic heterocycles. The highest BCUT2D eigenvalue weighted by atomic mass is 35.5. The summed E-state index contributed by atoms with van der Waals surface area (Å²) in [6.45, 7) is 7.30. The lowest BCUT2D eigenvalue weighted by molar-refractivity contribution is 0.0886. The van der Waals surface area contributed by atoms with E-state index in [1.807, 2.05) is 36.4 Å². The first-order valence-electron chi connectivity index (χ1n) is 10.3. The number of piperazine rings is 1. The second-order valence-corrected chi connectivity index (χ2v) is 7.93. The van der Waals surface area contributed by atoms with E-state index in [-0.39, 0.29) is 11.9 Å². The van der Waals surface area contributed by atoms with E-state index in [4.69, 9.17) is 16.3 Å². The van der Waals surface area contributed by atoms with Gasteiger partial charge in [-0.2, -0.15) is 0 Å². The van der Waals surface area contributed by atoms with Crippen molar-refractivity contribution in [2.24, 2.45) is 0 Å². The number of nitrogens with zero attached hydrogens (tertiary/aromatic N) is 2. The number of likely N-dealkylation sites (N-methyl/N-ethyl adjacent to an activating group) is 1. The van der Waals surface area contributed by atoms with Crippen LogP contribution in [0.5, 0.6) is 5.75 Å². The van der Waals surface area contributed by atoms with Gasteiger partial charge in [-0.3, -0.25) is 9.69 Å². The molecule has 0 aliphatic carbocycles. The van der Waals surface area contributed by atoms with E-state index < -0.39 is 0 Å². The summed E-state index contributed by atoms with van der Waals surface area (Å²) in [7, 11) is 2.14. The lowest BCUT2D eigenvalue weighted by atomic mass is 10.0. The highest BCUT2D eigenvalue weighted by Gasteiger charge is 2.24. The molecule has 1 heterocycles. The number of hydrogen-bond acceptors (Lipinski definition) is 4. The maximum atomic E-state index is 12.7. The SMILES string of the molecule is CCCOc1ccc(C(=O)NCC(c2ccc(Cl)cc2)N2CCN(C)CC2)cc1. The third-order valence-electron chi connectivity index (χ3n) is 5.28. The first-order valence-corrected chi connectivity index (χ1v) is 10.6. The van der Waals surface area contributed by atoms with Gasteiger partial charge in [0.25, 0.3) is 5.91 Å². The van der Waals surface area contributed by atoms with Crippen LogP contribution >= 0.6 is 11.6 Å². The number of ether oxygens (including phenoxy) is 1. The van der Waals surface area contributed by atoms with Gasteiger partial charge in [0.15, 0.2) is 0 Å². The van der Waals surface area contributed by atoms with Gasteiger partial charge in [-0.25, -0.2) is 0 Å². The van der Waals surface area contributed by atoms with Crippen molar-refractivity contribution >= 4 is 17.5 Å². The fourth-order valence-electron chi connectivity index (χ4n) is 3.49. The number of amides is 1. The molecule has 0 spiro atoms. The van der Waals surface area contributed by atoms with Gasteiger partial charge in [-0.15, -0.1) is 0 Å². The van der Waals surface area contributed by atoms with Crippen LogP contribution in [0.2, 0.25) is 5.02 Å². The van der Waals surface area contributed by atoms with Crippen LogP contribution in [0, 0.1) is 0 Å². The van der Waals surface area contributed by atoms with Gasteiger partial charge in [-0.05, 0) is 55.4 Å². The monoisotopic (exact) mass is 415 g/mol. The zero-order valence-corrected chi connectivity index (χ0v) is 18.0. The molecule has 1 N–H and O–H groups in total. The van der Waals surface area contributed by atoms with Gasteiger partial charge in [-0.1, -0.05) is 30.7 Å². The highest BCUT2D eigenvalue weighted by Crippen LogP contribution is 2.23. The number of carbonyl (C=O) groups is 1. The zero-order valence-electron chi connectivity index (χ0n) is 17.2. The molecule has 1 aliphatic rings. The van der Waals surface area contributed by atoms with Crippen LogP contribution in [0.25, 0.3) is 0 Å². The van der Waals surface area contributed by atoms with Crippen molar-refractivity contribution in [1.82, 2.24) is 15.1 Å². The Balaban J connectivity index is 1.65. The zero-order chi connectivity index (χ0) is 20.6. The number of hydrogen-bond donors (Lipinski definition) is 1. The summed E-state index contributed by atoms with van der Waals surface area (Å²) in [5.74, 6) is 0.722. The third-order valence-corrected chi connectivity index (χ3v) is 5.53. The number of nitrogens with one attached hydrogen (secondary N) is 1. The third kappa shape index (κ3) is 6.20. The van der Waals surface area contributed by atoms with Crippen LogP contribution in [0.3, 0.4) is 0 Å². The van der Waals surface area contributed by atoms with Crippen LogP contribution < -0.4 is 10.1 Å². The van der Waals surface area contributed by atoms with Crippen LogP contribution in [-0.4, -0.2) is 62.1 Å². The predicted molar refractivity (Wildman–Crippen MR) is 118 cm³/mol. The first kappa shape index (κ1) is 21.6. The fraction of sp³-hybridized carbons (Fsp3) is 0.435. The molecular formula is C23H30ClN3O2. The molecule has 0 radical (unpaired) electrons. The number of halogens is 1. The van der Waals surface area contributed by atoms with Crippen LogP contribution in [0.4, 0.5) is 0 Å². The van der Waals surface area contributed by atoms with Gasteiger partial charge >= 0.3 is 0 Å². The average molecular weight is 416 g/mol. The summed E-state index contributed by atoms with van der Waals surface area (Å²) >= 11 is 6.07. The molecule has 0 bridgehead atoms. The molecule has 2 aromatic rings. The molecule has 1 unspecified atom stereocenters. The Labute approximate surface area is 178 Å². The molecule has 1 fully saturated rings. The molecule has 1 amide bonds. The van der Waals surface area contributed by atoms with Crippen molar-refractivity contribution in [1.29, 1.82) is 0 Å². The fourth-order valence-corrected chi connectivity index (χ4v) is 3.62. The minimum Gasteiger partial charge on any atom is -0.494 e. The molecule has 5 nitrogen and oxygen atoms in total. The number of carbonyl (C=O) groups excluding carboxylic acids is 1. The summed E-state index contributed by atoms with van der Waals surface area (Å²) < 4.78 is 5.59. The second kappa shape index (κ2) is 10.6. The number of rotatable bonds is 8. The van der Waals surface area contributed by atoms with Crippen molar-refractivity contribution in [3.05, 3.63) is 64.7 Å². The van der Waals surface area contributed by atoms with Gasteiger partial charge in [0, 0.05) is 43.3 Å². The van der Waals surface area contributed by atoms with E-state index in [2.05, 4.69) is 41.2 Å². The maximum Gasteiger partial charge on any atom is 0.251 e. The van der Waals surface area contributed by atoms with Crippen LogP contribution in [0.15, 0.2) is 48.5 Å². The maximum absolute atomic E-state index is 12.7. The van der Waals surface area contributed by atoms with Gasteiger partial charge in [0.1, 0.15) is 5.75 Å². The second-order valence-electron chi connectivity index (χ2n) is 7.49. The molecule has 0 saturated carbocycles. The Morgan fingerprint density at radius 3 is 2.34 bits per heavy atom. The summed E-state index contributed by atoms with van der Waals surface area (Å²) in [4.78, 5) is 17.5.